The summed E-state index contributed by atoms with van der Waals surface area (Å²) in [4.78, 5) is 2.38. The normalized spacial score (nSPS) is 14.3. The molecule has 0 saturated carbocycles. The number of hydrogen-bond donors (Lipinski definition) is 0. The molecule has 0 atom stereocenters. The summed E-state index contributed by atoms with van der Waals surface area (Å²) in [6, 6.07) is 65.3. The summed E-state index contributed by atoms with van der Waals surface area (Å²) in [5.41, 5.74) is 19.3. The summed E-state index contributed by atoms with van der Waals surface area (Å²) < 4.78 is 0. The van der Waals surface area contributed by atoms with Gasteiger partial charge in [0.05, 0.1) is 0 Å². The molecule has 2 aliphatic rings. The fourth-order valence-electron chi connectivity index (χ4n) is 9.17. The Morgan fingerprint density at radius 3 is 1.21 bits per heavy atom. The second-order valence-corrected chi connectivity index (χ2v) is 15.8. The minimum Gasteiger partial charge on any atom is -0.310 e. The number of rotatable bonds is 5. The summed E-state index contributed by atoms with van der Waals surface area (Å²) >= 11 is 0. The van der Waals surface area contributed by atoms with Crippen LogP contribution < -0.4 is 4.90 Å². The SMILES string of the molecule is CC1(C)c2ccccc2-c2cc(-c3ccc(N(c4ccc(-c5ccc6c(c5)-c5ccccc5C6(C)C)cc4)c4ccc5ccccc5c4)cc3)ccc21. The summed E-state index contributed by atoms with van der Waals surface area (Å²) in [7, 11) is 0. The summed E-state index contributed by atoms with van der Waals surface area (Å²) in [6.07, 6.45) is 0. The van der Waals surface area contributed by atoms with Gasteiger partial charge in [0.2, 0.25) is 0 Å². The van der Waals surface area contributed by atoms with Crippen LogP contribution in [0.25, 0.3) is 55.3 Å². The zero-order chi connectivity index (χ0) is 35.9. The highest BCUT2D eigenvalue weighted by Crippen LogP contribution is 2.51. The first-order chi connectivity index (χ1) is 25.8. The van der Waals surface area contributed by atoms with Gasteiger partial charge in [0, 0.05) is 27.9 Å². The van der Waals surface area contributed by atoms with Gasteiger partial charge in [-0.2, -0.15) is 0 Å². The molecule has 10 rings (SSSR count). The molecule has 0 N–H and O–H groups in total. The monoisotopic (exact) mass is 679 g/mol. The molecule has 8 aromatic carbocycles. The Morgan fingerprint density at radius 1 is 0.302 bits per heavy atom. The zero-order valence-corrected chi connectivity index (χ0v) is 30.7. The molecule has 0 aromatic heterocycles. The Balaban J connectivity index is 1.02. The van der Waals surface area contributed by atoms with Crippen molar-refractivity contribution < 1.29 is 0 Å². The van der Waals surface area contributed by atoms with Gasteiger partial charge in [-0.15, -0.1) is 0 Å². The van der Waals surface area contributed by atoms with Gasteiger partial charge in [-0.25, -0.2) is 0 Å². The van der Waals surface area contributed by atoms with Gasteiger partial charge < -0.3 is 4.90 Å². The van der Waals surface area contributed by atoms with Crippen LogP contribution in [-0.2, 0) is 10.8 Å². The van der Waals surface area contributed by atoms with Gasteiger partial charge in [-0.05, 0) is 126 Å². The molecule has 53 heavy (non-hydrogen) atoms. The van der Waals surface area contributed by atoms with Crippen LogP contribution in [0.15, 0.2) is 176 Å². The molecule has 8 aromatic rings. The Hall–Kier alpha value is -6.18. The molecule has 0 spiro atoms. The van der Waals surface area contributed by atoms with Crippen LogP contribution >= 0.6 is 0 Å². The van der Waals surface area contributed by atoms with Crippen LogP contribution in [0.2, 0.25) is 0 Å². The molecule has 1 nitrogen and oxygen atoms in total. The predicted molar refractivity (Wildman–Crippen MR) is 225 cm³/mol. The Kier molecular flexibility index (Phi) is 6.94. The summed E-state index contributed by atoms with van der Waals surface area (Å²) in [5.74, 6) is 0. The van der Waals surface area contributed by atoms with Crippen molar-refractivity contribution in [3.63, 3.8) is 0 Å². The summed E-state index contributed by atoms with van der Waals surface area (Å²) in [6.45, 7) is 9.36. The topological polar surface area (TPSA) is 3.24 Å². The van der Waals surface area contributed by atoms with E-state index in [1.54, 1.807) is 0 Å². The van der Waals surface area contributed by atoms with E-state index in [-0.39, 0.29) is 10.8 Å². The van der Waals surface area contributed by atoms with E-state index in [1.165, 1.54) is 77.5 Å². The van der Waals surface area contributed by atoms with E-state index in [1.807, 2.05) is 0 Å². The number of nitrogens with zero attached hydrogens (tertiary/aromatic N) is 1. The van der Waals surface area contributed by atoms with Crippen LogP contribution in [0.4, 0.5) is 17.1 Å². The van der Waals surface area contributed by atoms with Crippen molar-refractivity contribution in [2.75, 3.05) is 4.90 Å². The maximum Gasteiger partial charge on any atom is 0.0468 e. The molecule has 0 bridgehead atoms. The van der Waals surface area contributed by atoms with Gasteiger partial charge in [0.25, 0.3) is 0 Å². The first-order valence-electron chi connectivity index (χ1n) is 18.8. The van der Waals surface area contributed by atoms with Crippen molar-refractivity contribution in [3.05, 3.63) is 198 Å². The van der Waals surface area contributed by atoms with Crippen LogP contribution in [0.5, 0.6) is 0 Å². The average molecular weight is 680 g/mol. The van der Waals surface area contributed by atoms with Crippen molar-refractivity contribution in [2.24, 2.45) is 0 Å². The molecule has 0 amide bonds. The third-order valence-corrected chi connectivity index (χ3v) is 12.1. The van der Waals surface area contributed by atoms with E-state index in [2.05, 4.69) is 209 Å². The number of hydrogen-bond acceptors (Lipinski definition) is 1. The third kappa shape index (κ3) is 4.91. The number of fused-ring (bicyclic) bond motifs is 7. The molecule has 0 heterocycles. The maximum atomic E-state index is 2.39. The molecule has 0 aliphatic heterocycles. The largest absolute Gasteiger partial charge is 0.310 e. The van der Waals surface area contributed by atoms with Crippen LogP contribution in [-0.4, -0.2) is 0 Å². The standard InChI is InChI=1S/C52H41N/c1-51(2)47-15-9-7-13-43(47)45-32-38(22-29-49(45)51)35-17-24-40(25-18-35)53(42-28-21-34-11-5-6-12-37(34)31-42)41-26-19-36(20-27-41)39-23-30-50-46(33-39)44-14-8-10-16-48(44)52(50,3)4/h5-33H,1-4H3. The van der Waals surface area contributed by atoms with Gasteiger partial charge in [0.15, 0.2) is 0 Å². The molecule has 2 aliphatic carbocycles. The highest BCUT2D eigenvalue weighted by atomic mass is 15.1. The van der Waals surface area contributed by atoms with Gasteiger partial charge in [-0.1, -0.05) is 155 Å². The lowest BCUT2D eigenvalue weighted by atomic mass is 9.82. The average Bonchev–Trinajstić information content (AvgIpc) is 3.57. The third-order valence-electron chi connectivity index (χ3n) is 12.1. The lowest BCUT2D eigenvalue weighted by Gasteiger charge is -2.26. The van der Waals surface area contributed by atoms with Gasteiger partial charge in [-0.3, -0.25) is 0 Å². The van der Waals surface area contributed by atoms with Crippen molar-refractivity contribution in [2.45, 2.75) is 38.5 Å². The second kappa shape index (κ2) is 11.7. The van der Waals surface area contributed by atoms with E-state index in [4.69, 9.17) is 0 Å². The van der Waals surface area contributed by atoms with Crippen molar-refractivity contribution >= 4 is 27.8 Å². The minimum atomic E-state index is 0.00705. The molecule has 0 fully saturated rings. The predicted octanol–water partition coefficient (Wildman–Crippen LogP) is 14.3. The minimum absolute atomic E-state index is 0.00705. The summed E-state index contributed by atoms with van der Waals surface area (Å²) in [5, 5.41) is 2.47. The highest BCUT2D eigenvalue weighted by molar-refractivity contribution is 5.91. The van der Waals surface area contributed by atoms with Crippen LogP contribution in [0, 0.1) is 0 Å². The molecule has 254 valence electrons. The molecular formula is C52H41N. The first-order valence-corrected chi connectivity index (χ1v) is 18.8. The molecule has 0 unspecified atom stereocenters. The number of benzene rings is 8. The molecule has 1 heteroatoms. The maximum absolute atomic E-state index is 2.39. The van der Waals surface area contributed by atoms with E-state index in [0.29, 0.717) is 0 Å². The zero-order valence-electron chi connectivity index (χ0n) is 30.7. The number of anilines is 3. The second-order valence-electron chi connectivity index (χ2n) is 15.8. The Labute approximate surface area is 312 Å². The molecule has 0 saturated heterocycles. The van der Waals surface area contributed by atoms with E-state index in [0.717, 1.165) is 17.1 Å². The fraction of sp³-hybridized carbons (Fsp3) is 0.115. The quantitative estimate of drug-likeness (QED) is 0.175. The Bertz CT molecular complexity index is 2560. The first kappa shape index (κ1) is 31.5. The smallest absolute Gasteiger partial charge is 0.0468 e. The van der Waals surface area contributed by atoms with Crippen LogP contribution in [0.1, 0.15) is 49.9 Å². The molecular weight excluding hydrogens is 639 g/mol. The lowest BCUT2D eigenvalue weighted by Crippen LogP contribution is -2.14. The van der Waals surface area contributed by atoms with E-state index >= 15 is 0 Å². The van der Waals surface area contributed by atoms with E-state index in [9.17, 15) is 0 Å². The van der Waals surface area contributed by atoms with Crippen molar-refractivity contribution in [1.29, 1.82) is 0 Å². The highest BCUT2D eigenvalue weighted by Gasteiger charge is 2.36. The van der Waals surface area contributed by atoms with Crippen molar-refractivity contribution in [1.82, 2.24) is 0 Å². The lowest BCUT2D eigenvalue weighted by molar-refractivity contribution is 0.660. The van der Waals surface area contributed by atoms with E-state index < -0.39 is 0 Å². The van der Waals surface area contributed by atoms with Gasteiger partial charge >= 0.3 is 0 Å². The van der Waals surface area contributed by atoms with Gasteiger partial charge in [0.1, 0.15) is 0 Å². The van der Waals surface area contributed by atoms with Crippen LogP contribution in [0.3, 0.4) is 0 Å². The Morgan fingerprint density at radius 2 is 0.698 bits per heavy atom. The molecule has 0 radical (unpaired) electrons. The fourth-order valence-corrected chi connectivity index (χ4v) is 9.17. The van der Waals surface area contributed by atoms with Crippen molar-refractivity contribution in [3.8, 4) is 44.5 Å².